The van der Waals surface area contributed by atoms with E-state index in [1.165, 1.54) is 32.9 Å². The first kappa shape index (κ1) is 15.6. The van der Waals surface area contributed by atoms with Gasteiger partial charge in [-0.15, -0.1) is 0 Å². The standard InChI is InChI=1S/C23H22N2/c1-4-25-22-8-6-5-7-19(22)20-14-18(11-12-23(20)25)15-24-21-13-16(2)9-10-17(21)3/h5-15H,4H2,1-3H3. The van der Waals surface area contributed by atoms with Crippen LogP contribution in [-0.4, -0.2) is 10.8 Å². The van der Waals surface area contributed by atoms with Crippen molar-refractivity contribution in [2.75, 3.05) is 0 Å². The highest BCUT2D eigenvalue weighted by molar-refractivity contribution is 6.09. The monoisotopic (exact) mass is 326 g/mol. The summed E-state index contributed by atoms with van der Waals surface area (Å²) in [4.78, 5) is 4.72. The minimum Gasteiger partial charge on any atom is -0.341 e. The number of hydrogen-bond acceptors (Lipinski definition) is 1. The molecule has 0 aliphatic carbocycles. The lowest BCUT2D eigenvalue weighted by Gasteiger charge is -2.03. The quantitative estimate of drug-likeness (QED) is 0.400. The predicted octanol–water partition coefficient (Wildman–Crippen LogP) is 6.18. The number of nitrogens with zero attached hydrogens (tertiary/aromatic N) is 2. The summed E-state index contributed by atoms with van der Waals surface area (Å²) in [6.45, 7) is 7.37. The van der Waals surface area contributed by atoms with Crippen molar-refractivity contribution in [3.63, 3.8) is 0 Å². The third-order valence-corrected chi connectivity index (χ3v) is 4.83. The van der Waals surface area contributed by atoms with Gasteiger partial charge in [-0.05, 0) is 61.7 Å². The van der Waals surface area contributed by atoms with Crippen LogP contribution in [0.3, 0.4) is 0 Å². The Labute approximate surface area is 148 Å². The SMILES string of the molecule is CCn1c2ccccc2c2cc(C=Nc3cc(C)ccc3C)ccc21. The molecule has 0 spiro atoms. The molecule has 0 saturated heterocycles. The van der Waals surface area contributed by atoms with Crippen LogP contribution in [0.5, 0.6) is 0 Å². The van der Waals surface area contributed by atoms with E-state index in [-0.39, 0.29) is 0 Å². The van der Waals surface area contributed by atoms with Crippen molar-refractivity contribution in [2.45, 2.75) is 27.3 Å². The van der Waals surface area contributed by atoms with Crippen molar-refractivity contribution in [1.82, 2.24) is 4.57 Å². The molecule has 2 nitrogen and oxygen atoms in total. The minimum absolute atomic E-state index is 0.972. The number of fused-ring (bicyclic) bond motifs is 3. The minimum atomic E-state index is 0.972. The zero-order valence-corrected chi connectivity index (χ0v) is 15.0. The van der Waals surface area contributed by atoms with Gasteiger partial charge in [0.15, 0.2) is 0 Å². The van der Waals surface area contributed by atoms with Gasteiger partial charge in [-0.1, -0.05) is 36.4 Å². The number of rotatable bonds is 3. The Morgan fingerprint density at radius 1 is 0.880 bits per heavy atom. The highest BCUT2D eigenvalue weighted by Gasteiger charge is 2.09. The van der Waals surface area contributed by atoms with E-state index in [9.17, 15) is 0 Å². The summed E-state index contributed by atoms with van der Waals surface area (Å²) in [7, 11) is 0. The molecule has 25 heavy (non-hydrogen) atoms. The van der Waals surface area contributed by atoms with E-state index in [4.69, 9.17) is 4.99 Å². The van der Waals surface area contributed by atoms with Crippen molar-refractivity contribution in [3.05, 3.63) is 77.4 Å². The molecule has 0 N–H and O–H groups in total. The van der Waals surface area contributed by atoms with Crippen molar-refractivity contribution in [1.29, 1.82) is 0 Å². The molecule has 0 saturated carbocycles. The third kappa shape index (κ3) is 2.74. The van der Waals surface area contributed by atoms with Crippen LogP contribution in [0, 0.1) is 13.8 Å². The molecule has 1 heterocycles. The Balaban J connectivity index is 1.83. The summed E-state index contributed by atoms with van der Waals surface area (Å²) in [6, 6.07) is 21.6. The Morgan fingerprint density at radius 2 is 1.68 bits per heavy atom. The normalized spacial score (nSPS) is 11.8. The number of hydrogen-bond donors (Lipinski definition) is 0. The Kier molecular flexibility index (Phi) is 3.89. The van der Waals surface area contributed by atoms with Crippen LogP contribution in [0.1, 0.15) is 23.6 Å². The second-order valence-electron chi connectivity index (χ2n) is 6.59. The summed E-state index contributed by atoms with van der Waals surface area (Å²) in [5.41, 5.74) is 7.18. The average molecular weight is 326 g/mol. The fourth-order valence-electron chi connectivity index (χ4n) is 3.49. The Morgan fingerprint density at radius 3 is 2.52 bits per heavy atom. The molecule has 0 bridgehead atoms. The topological polar surface area (TPSA) is 17.3 Å². The first-order chi connectivity index (χ1) is 12.2. The van der Waals surface area contributed by atoms with Gasteiger partial charge in [0.25, 0.3) is 0 Å². The number of aryl methyl sites for hydroxylation is 3. The molecule has 124 valence electrons. The molecule has 0 aliphatic heterocycles. The first-order valence-electron chi connectivity index (χ1n) is 8.79. The van der Waals surface area contributed by atoms with Crippen molar-refractivity contribution in [2.24, 2.45) is 4.99 Å². The summed E-state index contributed by atoms with van der Waals surface area (Å²) >= 11 is 0. The van der Waals surface area contributed by atoms with E-state index in [1.807, 2.05) is 6.21 Å². The molecule has 0 aliphatic rings. The number of aromatic nitrogens is 1. The van der Waals surface area contributed by atoms with Crippen LogP contribution in [-0.2, 0) is 6.54 Å². The molecule has 4 aromatic rings. The number of para-hydroxylation sites is 1. The van der Waals surface area contributed by atoms with Crippen molar-refractivity contribution >= 4 is 33.7 Å². The third-order valence-electron chi connectivity index (χ3n) is 4.83. The maximum atomic E-state index is 4.72. The van der Waals surface area contributed by atoms with Crippen LogP contribution in [0.2, 0.25) is 0 Å². The summed E-state index contributed by atoms with van der Waals surface area (Å²) < 4.78 is 2.37. The van der Waals surface area contributed by atoms with E-state index in [1.54, 1.807) is 0 Å². The van der Waals surface area contributed by atoms with Crippen LogP contribution >= 0.6 is 0 Å². The predicted molar refractivity (Wildman–Crippen MR) is 108 cm³/mol. The van der Waals surface area contributed by atoms with Gasteiger partial charge in [0.05, 0.1) is 5.69 Å². The van der Waals surface area contributed by atoms with E-state index >= 15 is 0 Å². The van der Waals surface area contributed by atoms with Gasteiger partial charge in [-0.25, -0.2) is 0 Å². The zero-order chi connectivity index (χ0) is 17.4. The average Bonchev–Trinajstić information content (AvgIpc) is 2.95. The summed E-state index contributed by atoms with van der Waals surface area (Å²) in [5, 5.41) is 2.60. The molecule has 0 fully saturated rings. The maximum absolute atomic E-state index is 4.72. The zero-order valence-electron chi connectivity index (χ0n) is 15.0. The van der Waals surface area contributed by atoms with Gasteiger partial charge in [0.1, 0.15) is 0 Å². The smallest absolute Gasteiger partial charge is 0.0661 e. The van der Waals surface area contributed by atoms with Crippen molar-refractivity contribution < 1.29 is 0 Å². The highest BCUT2D eigenvalue weighted by Crippen LogP contribution is 2.29. The van der Waals surface area contributed by atoms with Gasteiger partial charge in [-0.3, -0.25) is 4.99 Å². The first-order valence-corrected chi connectivity index (χ1v) is 8.79. The molecular weight excluding hydrogens is 304 g/mol. The van der Waals surface area contributed by atoms with Crippen LogP contribution in [0.15, 0.2) is 65.7 Å². The summed E-state index contributed by atoms with van der Waals surface area (Å²) in [6.07, 6.45) is 1.97. The maximum Gasteiger partial charge on any atom is 0.0661 e. The van der Waals surface area contributed by atoms with Gasteiger partial charge < -0.3 is 4.57 Å². The van der Waals surface area contributed by atoms with E-state index in [0.29, 0.717) is 0 Å². The largest absolute Gasteiger partial charge is 0.341 e. The highest BCUT2D eigenvalue weighted by atomic mass is 15.0. The molecule has 0 atom stereocenters. The molecule has 0 radical (unpaired) electrons. The lowest BCUT2D eigenvalue weighted by atomic mass is 10.1. The van der Waals surface area contributed by atoms with Gasteiger partial charge in [-0.2, -0.15) is 0 Å². The number of benzene rings is 3. The lowest BCUT2D eigenvalue weighted by molar-refractivity contribution is 0.827. The Hall–Kier alpha value is -2.87. The van der Waals surface area contributed by atoms with Gasteiger partial charge in [0, 0.05) is 34.6 Å². The van der Waals surface area contributed by atoms with E-state index in [2.05, 4.69) is 86.0 Å². The summed E-state index contributed by atoms with van der Waals surface area (Å²) in [5.74, 6) is 0. The molecule has 0 unspecified atom stereocenters. The fourth-order valence-corrected chi connectivity index (χ4v) is 3.49. The Bertz CT molecular complexity index is 1100. The lowest BCUT2D eigenvalue weighted by Crippen LogP contribution is -1.92. The van der Waals surface area contributed by atoms with E-state index in [0.717, 1.165) is 17.8 Å². The second-order valence-corrected chi connectivity index (χ2v) is 6.59. The van der Waals surface area contributed by atoms with Crippen LogP contribution in [0.4, 0.5) is 5.69 Å². The second kappa shape index (κ2) is 6.21. The van der Waals surface area contributed by atoms with Crippen LogP contribution < -0.4 is 0 Å². The molecule has 4 rings (SSSR count). The van der Waals surface area contributed by atoms with Crippen LogP contribution in [0.25, 0.3) is 21.8 Å². The molecule has 0 amide bonds. The van der Waals surface area contributed by atoms with Gasteiger partial charge >= 0.3 is 0 Å². The van der Waals surface area contributed by atoms with Crippen molar-refractivity contribution in [3.8, 4) is 0 Å². The fraction of sp³-hybridized carbons (Fsp3) is 0.174. The van der Waals surface area contributed by atoms with Gasteiger partial charge in [0.2, 0.25) is 0 Å². The molecule has 3 aromatic carbocycles. The molecule has 2 heteroatoms. The molecule has 1 aromatic heterocycles. The van der Waals surface area contributed by atoms with E-state index < -0.39 is 0 Å². The number of aliphatic imine (C=N–C) groups is 1. The molecular formula is C23H22N2.